The maximum absolute atomic E-state index is 13.0. The van der Waals surface area contributed by atoms with E-state index in [1.165, 1.54) is 0 Å². The highest BCUT2D eigenvalue weighted by molar-refractivity contribution is 7.89. The minimum absolute atomic E-state index is 0.000530. The van der Waals surface area contributed by atoms with Gasteiger partial charge in [-0.25, -0.2) is 0 Å². The molecule has 1 aliphatic heterocycles. The van der Waals surface area contributed by atoms with Crippen LogP contribution in [0.15, 0.2) is 60.7 Å². The van der Waals surface area contributed by atoms with Gasteiger partial charge in [-0.05, 0) is 24.0 Å². The summed E-state index contributed by atoms with van der Waals surface area (Å²) < 4.78 is 13.0. The summed E-state index contributed by atoms with van der Waals surface area (Å²) in [6, 6.07) is 20.0. The van der Waals surface area contributed by atoms with Gasteiger partial charge in [0, 0.05) is 0 Å². The van der Waals surface area contributed by atoms with E-state index in [0.29, 0.717) is 0 Å². The lowest BCUT2D eigenvalue weighted by molar-refractivity contribution is 0.577. The number of hydrogen-bond acceptors (Lipinski definition) is 1. The lowest BCUT2D eigenvalue weighted by atomic mass is 10.0. The van der Waals surface area contributed by atoms with Crippen molar-refractivity contribution < 1.29 is 4.57 Å². The standard InChI is InChI=1S/C16H16ClOP/c17-19(18)15(13-7-3-1-4-8-13)11-12-16(19)14-9-5-2-6-10-14/h1-10,15-16H,11-12H2/t15-,16-/m0/s1. The lowest BCUT2D eigenvalue weighted by Gasteiger charge is -2.20. The second-order valence-electron chi connectivity index (χ2n) is 5.05. The van der Waals surface area contributed by atoms with E-state index in [4.69, 9.17) is 11.2 Å². The van der Waals surface area contributed by atoms with Gasteiger partial charge in [-0.1, -0.05) is 71.9 Å². The first kappa shape index (κ1) is 13.0. The zero-order chi connectivity index (χ0) is 13.3. The summed E-state index contributed by atoms with van der Waals surface area (Å²) in [6.07, 6.45) is 1.81. The summed E-state index contributed by atoms with van der Waals surface area (Å²) in [5.74, 6) is 0. The predicted octanol–water partition coefficient (Wildman–Crippen LogP) is 5.78. The average molecular weight is 291 g/mol. The van der Waals surface area contributed by atoms with E-state index in [2.05, 4.69) is 0 Å². The van der Waals surface area contributed by atoms with Crippen LogP contribution in [0, 0.1) is 0 Å². The van der Waals surface area contributed by atoms with Gasteiger partial charge >= 0.3 is 0 Å². The molecule has 1 fully saturated rings. The fourth-order valence-electron chi connectivity index (χ4n) is 2.98. The molecule has 1 aliphatic rings. The maximum Gasteiger partial charge on any atom is 0.183 e. The Hall–Kier alpha value is -1.04. The second-order valence-corrected chi connectivity index (χ2v) is 9.13. The molecule has 1 saturated heterocycles. The predicted molar refractivity (Wildman–Crippen MR) is 81.1 cm³/mol. The Morgan fingerprint density at radius 1 is 0.789 bits per heavy atom. The first-order valence-electron chi connectivity index (χ1n) is 6.58. The van der Waals surface area contributed by atoms with Crippen molar-refractivity contribution in [3.8, 4) is 0 Å². The molecule has 0 aliphatic carbocycles. The summed E-state index contributed by atoms with van der Waals surface area (Å²) in [4.78, 5) is 0. The molecule has 0 N–H and O–H groups in total. The minimum atomic E-state index is -2.74. The highest BCUT2D eigenvalue weighted by atomic mass is 35.7. The summed E-state index contributed by atoms with van der Waals surface area (Å²) in [5.41, 5.74) is 2.22. The van der Waals surface area contributed by atoms with E-state index in [0.717, 1.165) is 24.0 Å². The molecule has 19 heavy (non-hydrogen) atoms. The Kier molecular flexibility index (Phi) is 3.52. The third kappa shape index (κ3) is 2.38. The first-order chi connectivity index (χ1) is 9.19. The number of benzene rings is 2. The van der Waals surface area contributed by atoms with Crippen molar-refractivity contribution in [2.24, 2.45) is 0 Å². The molecule has 2 atom stereocenters. The fourth-order valence-corrected chi connectivity index (χ4v) is 6.83. The Morgan fingerprint density at radius 3 is 1.53 bits per heavy atom. The van der Waals surface area contributed by atoms with Gasteiger partial charge in [0.25, 0.3) is 0 Å². The molecule has 0 aromatic heterocycles. The summed E-state index contributed by atoms with van der Waals surface area (Å²) in [6.45, 7) is -2.74. The normalized spacial score (nSPS) is 25.3. The largest absolute Gasteiger partial charge is 0.305 e. The number of rotatable bonds is 2. The molecule has 0 unspecified atom stereocenters. The number of halogens is 1. The van der Waals surface area contributed by atoms with E-state index in [9.17, 15) is 4.57 Å². The maximum atomic E-state index is 13.0. The molecule has 3 heteroatoms. The Balaban J connectivity index is 1.95. The minimum Gasteiger partial charge on any atom is -0.305 e. The van der Waals surface area contributed by atoms with Crippen molar-refractivity contribution in [1.29, 1.82) is 0 Å². The van der Waals surface area contributed by atoms with Gasteiger partial charge in [-0.3, -0.25) is 0 Å². The van der Waals surface area contributed by atoms with Gasteiger partial charge in [-0.15, -0.1) is 0 Å². The monoisotopic (exact) mass is 290 g/mol. The van der Waals surface area contributed by atoms with E-state index in [1.807, 2.05) is 60.7 Å². The number of hydrogen-bond donors (Lipinski definition) is 0. The molecule has 1 nitrogen and oxygen atoms in total. The SMILES string of the molecule is O=P1(Cl)[C@H](c2ccccc2)CC[C@H]1c1ccccc1. The highest BCUT2D eigenvalue weighted by Crippen LogP contribution is 2.79. The van der Waals surface area contributed by atoms with Crippen molar-refractivity contribution in [3.05, 3.63) is 71.8 Å². The summed E-state index contributed by atoms with van der Waals surface area (Å²) >= 11 is 6.52. The quantitative estimate of drug-likeness (QED) is 0.641. The van der Waals surface area contributed by atoms with Crippen LogP contribution < -0.4 is 0 Å². The van der Waals surface area contributed by atoms with Crippen LogP contribution in [0.5, 0.6) is 0 Å². The van der Waals surface area contributed by atoms with Gasteiger partial charge < -0.3 is 4.57 Å². The lowest BCUT2D eigenvalue weighted by Crippen LogP contribution is -1.93. The Labute approximate surface area is 118 Å². The fraction of sp³-hybridized carbons (Fsp3) is 0.250. The zero-order valence-electron chi connectivity index (χ0n) is 10.6. The van der Waals surface area contributed by atoms with Crippen LogP contribution in [0.25, 0.3) is 0 Å². The van der Waals surface area contributed by atoms with E-state index < -0.39 is 6.49 Å². The topological polar surface area (TPSA) is 17.1 Å². The first-order valence-corrected chi connectivity index (χ1v) is 9.33. The molecule has 2 aromatic rings. The zero-order valence-corrected chi connectivity index (χ0v) is 12.2. The van der Waals surface area contributed by atoms with E-state index in [-0.39, 0.29) is 11.3 Å². The molecule has 0 spiro atoms. The molecule has 0 amide bonds. The second kappa shape index (κ2) is 5.15. The van der Waals surface area contributed by atoms with Crippen LogP contribution in [0.4, 0.5) is 0 Å². The third-order valence-electron chi connectivity index (χ3n) is 3.93. The van der Waals surface area contributed by atoms with Gasteiger partial charge in [0.15, 0.2) is 6.49 Å². The van der Waals surface area contributed by atoms with Crippen LogP contribution in [-0.2, 0) is 4.57 Å². The van der Waals surface area contributed by atoms with Crippen molar-refractivity contribution in [3.63, 3.8) is 0 Å². The van der Waals surface area contributed by atoms with Crippen molar-refractivity contribution >= 4 is 17.7 Å². The van der Waals surface area contributed by atoms with Gasteiger partial charge in [-0.2, -0.15) is 0 Å². The summed E-state index contributed by atoms with van der Waals surface area (Å²) in [7, 11) is 0. The van der Waals surface area contributed by atoms with E-state index in [1.54, 1.807) is 0 Å². The average Bonchev–Trinajstić information content (AvgIpc) is 2.76. The summed E-state index contributed by atoms with van der Waals surface area (Å²) in [5, 5.41) is 0. The molecular formula is C16H16ClOP. The van der Waals surface area contributed by atoms with Gasteiger partial charge in [0.1, 0.15) is 0 Å². The van der Waals surface area contributed by atoms with Crippen LogP contribution in [0.2, 0.25) is 0 Å². The molecule has 0 bridgehead atoms. The molecule has 98 valence electrons. The molecule has 2 aromatic carbocycles. The molecule has 1 heterocycles. The smallest absolute Gasteiger partial charge is 0.183 e. The van der Waals surface area contributed by atoms with Crippen molar-refractivity contribution in [2.45, 2.75) is 24.2 Å². The third-order valence-corrected chi connectivity index (χ3v) is 8.16. The van der Waals surface area contributed by atoms with Crippen molar-refractivity contribution in [2.75, 3.05) is 0 Å². The van der Waals surface area contributed by atoms with Crippen molar-refractivity contribution in [1.82, 2.24) is 0 Å². The van der Waals surface area contributed by atoms with Crippen LogP contribution in [0.3, 0.4) is 0 Å². The molecule has 0 radical (unpaired) electrons. The Bertz CT molecular complexity index is 545. The highest BCUT2D eigenvalue weighted by Gasteiger charge is 2.46. The van der Waals surface area contributed by atoms with Crippen LogP contribution in [0.1, 0.15) is 35.3 Å². The van der Waals surface area contributed by atoms with Crippen LogP contribution in [-0.4, -0.2) is 0 Å². The van der Waals surface area contributed by atoms with Crippen LogP contribution >= 0.6 is 17.7 Å². The molecule has 3 rings (SSSR count). The molecular weight excluding hydrogens is 275 g/mol. The van der Waals surface area contributed by atoms with Gasteiger partial charge in [0.05, 0.1) is 11.3 Å². The van der Waals surface area contributed by atoms with E-state index >= 15 is 0 Å². The Morgan fingerprint density at radius 2 is 1.16 bits per heavy atom. The molecule has 0 saturated carbocycles. The van der Waals surface area contributed by atoms with Gasteiger partial charge in [0.2, 0.25) is 0 Å².